The average molecular weight is 332 g/mol. The van der Waals surface area contributed by atoms with Gasteiger partial charge in [-0.25, -0.2) is 4.79 Å². The van der Waals surface area contributed by atoms with E-state index in [2.05, 4.69) is 5.32 Å². The van der Waals surface area contributed by atoms with Crippen molar-refractivity contribution in [3.05, 3.63) is 35.4 Å². The van der Waals surface area contributed by atoms with Crippen LogP contribution in [0.1, 0.15) is 59.7 Å². The van der Waals surface area contributed by atoms with Crippen molar-refractivity contribution in [3.8, 4) is 0 Å². The van der Waals surface area contributed by atoms with Crippen LogP contribution in [-0.2, 0) is 4.79 Å². The third-order valence-corrected chi connectivity index (χ3v) is 4.66. The number of carbonyl (C=O) groups is 3. The summed E-state index contributed by atoms with van der Waals surface area (Å²) in [5.74, 6) is -1.61. The fraction of sp³-hybridized carbons (Fsp3) is 0.500. The van der Waals surface area contributed by atoms with E-state index in [-0.39, 0.29) is 5.91 Å². The monoisotopic (exact) mass is 332 g/mol. The Labute approximate surface area is 141 Å². The molecule has 1 saturated carbocycles. The van der Waals surface area contributed by atoms with Gasteiger partial charge < -0.3 is 15.3 Å². The molecule has 2 rings (SSSR count). The molecule has 1 aliphatic rings. The molecule has 0 aliphatic heterocycles. The molecule has 0 saturated heterocycles. The van der Waals surface area contributed by atoms with E-state index < -0.39 is 17.4 Å². The number of amides is 2. The normalized spacial score (nSPS) is 16.2. The molecule has 24 heavy (non-hydrogen) atoms. The number of aliphatic carboxylic acids is 1. The lowest BCUT2D eigenvalue weighted by molar-refractivity contribution is -0.145. The van der Waals surface area contributed by atoms with Crippen LogP contribution < -0.4 is 5.32 Å². The van der Waals surface area contributed by atoms with E-state index in [4.69, 9.17) is 0 Å². The summed E-state index contributed by atoms with van der Waals surface area (Å²) in [6.45, 7) is 2.44. The minimum Gasteiger partial charge on any atom is -0.480 e. The van der Waals surface area contributed by atoms with Gasteiger partial charge in [0, 0.05) is 24.7 Å². The SMILES string of the molecule is CCN(C)C(=O)c1cccc(C(=O)NC2(C(=O)O)CCCCC2)c1. The molecule has 6 heteroatoms. The molecular formula is C18H24N2O4. The third kappa shape index (κ3) is 3.75. The molecular weight excluding hydrogens is 308 g/mol. The summed E-state index contributed by atoms with van der Waals surface area (Å²) in [6.07, 6.45) is 3.42. The number of hydrogen-bond donors (Lipinski definition) is 2. The highest BCUT2D eigenvalue weighted by Gasteiger charge is 2.41. The van der Waals surface area contributed by atoms with E-state index in [1.54, 1.807) is 30.1 Å². The second-order valence-electron chi connectivity index (χ2n) is 6.30. The lowest BCUT2D eigenvalue weighted by Crippen LogP contribution is -2.55. The first-order valence-corrected chi connectivity index (χ1v) is 8.31. The molecule has 1 aliphatic carbocycles. The molecule has 2 amide bonds. The van der Waals surface area contributed by atoms with Gasteiger partial charge in [0.15, 0.2) is 0 Å². The van der Waals surface area contributed by atoms with Gasteiger partial charge in [-0.1, -0.05) is 25.3 Å². The Morgan fingerprint density at radius 3 is 2.38 bits per heavy atom. The van der Waals surface area contributed by atoms with Crippen LogP contribution in [0.25, 0.3) is 0 Å². The highest BCUT2D eigenvalue weighted by Crippen LogP contribution is 2.29. The Bertz CT molecular complexity index is 636. The molecule has 1 aromatic rings. The number of hydrogen-bond acceptors (Lipinski definition) is 3. The fourth-order valence-corrected chi connectivity index (χ4v) is 2.99. The Morgan fingerprint density at radius 2 is 1.79 bits per heavy atom. The van der Waals surface area contributed by atoms with Crippen molar-refractivity contribution in [2.75, 3.05) is 13.6 Å². The second kappa shape index (κ2) is 7.47. The highest BCUT2D eigenvalue weighted by molar-refractivity contribution is 6.01. The molecule has 2 N–H and O–H groups in total. The van der Waals surface area contributed by atoms with Gasteiger partial charge in [-0.3, -0.25) is 9.59 Å². The van der Waals surface area contributed by atoms with Crippen LogP contribution in [0.15, 0.2) is 24.3 Å². The number of carboxylic acid groups (broad SMARTS) is 1. The van der Waals surface area contributed by atoms with E-state index in [1.165, 1.54) is 6.07 Å². The average Bonchev–Trinajstić information content (AvgIpc) is 2.61. The predicted octanol–water partition coefficient (Wildman–Crippen LogP) is 2.30. The standard InChI is InChI=1S/C18H24N2O4/c1-3-20(2)16(22)14-9-7-8-13(12-14)15(21)19-18(17(23)24)10-5-4-6-11-18/h7-9,12H,3-6,10-11H2,1-2H3,(H,19,21)(H,23,24). The Kier molecular flexibility index (Phi) is 5.59. The number of rotatable bonds is 5. The van der Waals surface area contributed by atoms with Gasteiger partial charge in [0.25, 0.3) is 11.8 Å². The lowest BCUT2D eigenvalue weighted by Gasteiger charge is -2.34. The van der Waals surface area contributed by atoms with Crippen molar-refractivity contribution in [1.29, 1.82) is 0 Å². The maximum Gasteiger partial charge on any atom is 0.329 e. The largest absolute Gasteiger partial charge is 0.480 e. The van der Waals surface area contributed by atoms with E-state index in [0.29, 0.717) is 30.5 Å². The summed E-state index contributed by atoms with van der Waals surface area (Å²) in [4.78, 5) is 38.0. The van der Waals surface area contributed by atoms with Crippen molar-refractivity contribution < 1.29 is 19.5 Å². The van der Waals surface area contributed by atoms with E-state index >= 15 is 0 Å². The Morgan fingerprint density at radius 1 is 1.17 bits per heavy atom. The maximum absolute atomic E-state index is 12.5. The second-order valence-corrected chi connectivity index (χ2v) is 6.30. The van der Waals surface area contributed by atoms with Crippen LogP contribution in [0.3, 0.4) is 0 Å². The first-order valence-electron chi connectivity index (χ1n) is 8.31. The first kappa shape index (κ1) is 18.0. The molecule has 0 radical (unpaired) electrons. The van der Waals surface area contributed by atoms with E-state index in [0.717, 1.165) is 19.3 Å². The van der Waals surface area contributed by atoms with Crippen molar-refractivity contribution in [3.63, 3.8) is 0 Å². The lowest BCUT2D eigenvalue weighted by atomic mass is 9.81. The molecule has 1 aromatic carbocycles. The fourth-order valence-electron chi connectivity index (χ4n) is 2.99. The van der Waals surface area contributed by atoms with Gasteiger partial charge in [-0.2, -0.15) is 0 Å². The molecule has 0 aromatic heterocycles. The minimum absolute atomic E-state index is 0.169. The summed E-state index contributed by atoms with van der Waals surface area (Å²) in [5.41, 5.74) is -0.480. The van der Waals surface area contributed by atoms with Crippen molar-refractivity contribution >= 4 is 17.8 Å². The van der Waals surface area contributed by atoms with Crippen LogP contribution in [0.2, 0.25) is 0 Å². The molecule has 0 atom stereocenters. The summed E-state index contributed by atoms with van der Waals surface area (Å²) in [6, 6.07) is 6.40. The third-order valence-electron chi connectivity index (χ3n) is 4.66. The van der Waals surface area contributed by atoms with Crippen molar-refractivity contribution in [2.24, 2.45) is 0 Å². The van der Waals surface area contributed by atoms with Gasteiger partial charge >= 0.3 is 5.97 Å². The number of nitrogens with zero attached hydrogens (tertiary/aromatic N) is 1. The summed E-state index contributed by atoms with van der Waals surface area (Å²) >= 11 is 0. The molecule has 0 unspecified atom stereocenters. The molecule has 0 spiro atoms. The Balaban J connectivity index is 2.20. The maximum atomic E-state index is 12.5. The zero-order valence-electron chi connectivity index (χ0n) is 14.2. The van der Waals surface area contributed by atoms with Crippen LogP contribution in [-0.4, -0.2) is 46.9 Å². The topological polar surface area (TPSA) is 86.7 Å². The number of carbonyl (C=O) groups excluding carboxylic acids is 2. The summed E-state index contributed by atoms with van der Waals surface area (Å²) in [5, 5.41) is 12.3. The zero-order valence-corrected chi connectivity index (χ0v) is 14.2. The van der Waals surface area contributed by atoms with E-state index in [1.807, 2.05) is 6.92 Å². The summed E-state index contributed by atoms with van der Waals surface area (Å²) < 4.78 is 0. The quantitative estimate of drug-likeness (QED) is 0.866. The number of benzene rings is 1. The predicted molar refractivity (Wildman–Crippen MR) is 90.0 cm³/mol. The number of nitrogens with one attached hydrogen (secondary N) is 1. The zero-order chi connectivity index (χ0) is 17.7. The number of carboxylic acids is 1. The molecule has 0 heterocycles. The smallest absolute Gasteiger partial charge is 0.329 e. The molecule has 6 nitrogen and oxygen atoms in total. The van der Waals surface area contributed by atoms with Crippen LogP contribution >= 0.6 is 0 Å². The van der Waals surface area contributed by atoms with E-state index in [9.17, 15) is 19.5 Å². The Hall–Kier alpha value is -2.37. The van der Waals surface area contributed by atoms with Crippen LogP contribution in [0.4, 0.5) is 0 Å². The van der Waals surface area contributed by atoms with Gasteiger partial charge in [-0.05, 0) is 38.0 Å². The van der Waals surface area contributed by atoms with Crippen molar-refractivity contribution in [2.45, 2.75) is 44.6 Å². The summed E-state index contributed by atoms with van der Waals surface area (Å²) in [7, 11) is 1.69. The molecule has 0 bridgehead atoms. The minimum atomic E-state index is -1.20. The van der Waals surface area contributed by atoms with Gasteiger partial charge in [0.2, 0.25) is 0 Å². The van der Waals surface area contributed by atoms with Gasteiger partial charge in [-0.15, -0.1) is 0 Å². The molecule has 130 valence electrons. The van der Waals surface area contributed by atoms with Crippen molar-refractivity contribution in [1.82, 2.24) is 10.2 Å². The van der Waals surface area contributed by atoms with Crippen LogP contribution in [0.5, 0.6) is 0 Å². The van der Waals surface area contributed by atoms with Crippen LogP contribution in [0, 0.1) is 0 Å². The van der Waals surface area contributed by atoms with Gasteiger partial charge in [0.05, 0.1) is 0 Å². The first-order chi connectivity index (χ1) is 11.4. The van der Waals surface area contributed by atoms with Gasteiger partial charge in [0.1, 0.15) is 5.54 Å². The highest BCUT2D eigenvalue weighted by atomic mass is 16.4. The molecule has 1 fully saturated rings.